The van der Waals surface area contributed by atoms with Crippen molar-refractivity contribution < 1.29 is 11.3 Å². The van der Waals surface area contributed by atoms with Gasteiger partial charge in [0.15, 0.2) is 0 Å². The van der Waals surface area contributed by atoms with Gasteiger partial charge in [-0.2, -0.15) is 0 Å². The van der Waals surface area contributed by atoms with Crippen LogP contribution >= 0.6 is 0 Å². The van der Waals surface area contributed by atoms with E-state index in [2.05, 4.69) is 5.32 Å². The zero-order chi connectivity index (χ0) is 4.12. The third-order valence-electron chi connectivity index (χ3n) is 0.362. The Morgan fingerprint density at radius 2 is 2.17 bits per heavy atom. The van der Waals surface area contributed by atoms with Crippen LogP contribution in [0.5, 0.6) is 0 Å². The summed E-state index contributed by atoms with van der Waals surface area (Å²) in [7, 11) is 1.80. The summed E-state index contributed by atoms with van der Waals surface area (Å²) < 4.78 is 0. The standard InChI is InChI=1S/C3H9NO.Ne/c1-4-2-3-5;/h4-5H,2-3H2,1H3;. The minimum atomic E-state index is 0. The van der Waals surface area contributed by atoms with Crippen LogP contribution in [-0.2, 0) is 0 Å². The van der Waals surface area contributed by atoms with Gasteiger partial charge in [0.05, 0.1) is 6.61 Å². The number of aliphatic hydroxyl groups excluding tert-OH is 1. The SMILES string of the molecule is CNCCO.[Ne]. The summed E-state index contributed by atoms with van der Waals surface area (Å²) >= 11 is 0. The van der Waals surface area contributed by atoms with Crippen molar-refractivity contribution in [3.05, 3.63) is 0 Å². The molecule has 2 N–H and O–H groups in total. The van der Waals surface area contributed by atoms with E-state index in [1.807, 2.05) is 0 Å². The van der Waals surface area contributed by atoms with Gasteiger partial charge in [-0.1, -0.05) is 0 Å². The van der Waals surface area contributed by atoms with E-state index in [1.165, 1.54) is 0 Å². The molecule has 0 radical (unpaired) electrons. The molecule has 0 amide bonds. The van der Waals surface area contributed by atoms with E-state index < -0.39 is 0 Å². The van der Waals surface area contributed by atoms with Crippen molar-refractivity contribution in [3.8, 4) is 0 Å². The van der Waals surface area contributed by atoms with Crippen molar-refractivity contribution in [3.63, 3.8) is 0 Å². The Balaban J connectivity index is 0. The first-order valence-corrected chi connectivity index (χ1v) is 1.67. The second-order valence-electron chi connectivity index (χ2n) is 0.827. The number of nitrogens with one attached hydrogen (secondary N) is 1. The van der Waals surface area contributed by atoms with Crippen molar-refractivity contribution in [2.45, 2.75) is 0 Å². The quantitative estimate of drug-likeness (QED) is 0.470. The van der Waals surface area contributed by atoms with Crippen LogP contribution in [-0.4, -0.2) is 25.3 Å². The van der Waals surface area contributed by atoms with E-state index in [4.69, 9.17) is 5.11 Å². The van der Waals surface area contributed by atoms with Crippen molar-refractivity contribution in [2.75, 3.05) is 20.2 Å². The number of hydrogen-bond acceptors (Lipinski definition) is 2. The summed E-state index contributed by atoms with van der Waals surface area (Å²) in [5.41, 5.74) is 0. The molecule has 0 saturated heterocycles. The van der Waals surface area contributed by atoms with Crippen LogP contribution in [0.2, 0.25) is 0 Å². The molecule has 0 heterocycles. The van der Waals surface area contributed by atoms with Crippen LogP contribution in [0.1, 0.15) is 0 Å². The molecular weight excluding hydrogens is 86.2 g/mol. The minimum absolute atomic E-state index is 0. The van der Waals surface area contributed by atoms with Gasteiger partial charge in [-0.15, -0.1) is 0 Å². The number of aliphatic hydroxyl groups is 1. The van der Waals surface area contributed by atoms with E-state index in [0.29, 0.717) is 6.54 Å². The molecule has 0 saturated carbocycles. The van der Waals surface area contributed by atoms with Gasteiger partial charge in [-0.25, -0.2) is 0 Å². The number of rotatable bonds is 2. The first-order chi connectivity index (χ1) is 2.41. The second kappa shape index (κ2) is 8.85. The van der Waals surface area contributed by atoms with Crippen LogP contribution in [0, 0.1) is 6.15 Å². The third kappa shape index (κ3) is 9.16. The molecule has 0 aromatic rings. The van der Waals surface area contributed by atoms with E-state index in [9.17, 15) is 0 Å². The maximum atomic E-state index is 8.00. The van der Waals surface area contributed by atoms with E-state index in [-0.39, 0.29) is 12.8 Å². The topological polar surface area (TPSA) is 32.3 Å². The molecule has 0 spiro atoms. The van der Waals surface area contributed by atoms with Crippen LogP contribution < -0.4 is 5.32 Å². The zero-order valence-corrected chi connectivity index (χ0v) is 3.71. The molecule has 0 aliphatic heterocycles. The molecule has 3 heteroatoms. The maximum Gasteiger partial charge on any atom is 0.0555 e. The first-order valence-electron chi connectivity index (χ1n) is 1.67. The minimum Gasteiger partial charge on any atom is -0.395 e. The largest absolute Gasteiger partial charge is 0.395 e. The van der Waals surface area contributed by atoms with Crippen molar-refractivity contribution in [1.82, 2.24) is 5.32 Å². The summed E-state index contributed by atoms with van der Waals surface area (Å²) in [6.45, 7) is 0.927. The average molecular weight is 95.3 g/mol. The molecule has 0 atom stereocenters. The maximum absolute atomic E-state index is 8.00. The smallest absolute Gasteiger partial charge is 0.0555 e. The molecule has 0 fully saturated rings. The van der Waals surface area contributed by atoms with Gasteiger partial charge in [-0.05, 0) is 7.05 Å². The number of hydrogen-bond donors (Lipinski definition) is 2. The van der Waals surface area contributed by atoms with E-state index >= 15 is 0 Å². The van der Waals surface area contributed by atoms with Crippen LogP contribution in [0.4, 0.5) is 0 Å². The Morgan fingerprint density at radius 1 is 1.67 bits per heavy atom. The molecule has 0 unspecified atom stereocenters. The summed E-state index contributed by atoms with van der Waals surface area (Å²) in [6.07, 6.45) is 0. The van der Waals surface area contributed by atoms with Gasteiger partial charge in [0, 0.05) is 12.7 Å². The van der Waals surface area contributed by atoms with Crippen molar-refractivity contribution >= 4 is 0 Å². The zero-order valence-electron chi connectivity index (χ0n) is 3.71. The molecule has 0 bridgehead atoms. The molecular formula is C3H9NNeO. The fourth-order valence-electron chi connectivity index (χ4n) is 0.112. The molecule has 6 heavy (non-hydrogen) atoms. The first kappa shape index (κ1) is 9.27. The second-order valence-corrected chi connectivity index (χ2v) is 0.827. The predicted molar refractivity (Wildman–Crippen MR) is 21.0 cm³/mol. The fourth-order valence-corrected chi connectivity index (χ4v) is 0.112. The molecule has 40 valence electrons. The summed E-state index contributed by atoms with van der Waals surface area (Å²) in [4.78, 5) is 0. The van der Waals surface area contributed by atoms with E-state index in [1.54, 1.807) is 7.05 Å². The third-order valence-corrected chi connectivity index (χ3v) is 0.362. The Hall–Kier alpha value is -0.171. The molecule has 0 aliphatic rings. The Kier molecular flexibility index (Phi) is 13.7. The van der Waals surface area contributed by atoms with Gasteiger partial charge in [0.25, 0.3) is 0 Å². The van der Waals surface area contributed by atoms with Gasteiger partial charge >= 0.3 is 0 Å². The Labute approximate surface area is 37.9 Å². The number of likely N-dealkylation sites (N-methyl/N-ethyl adjacent to an activating group) is 1. The monoisotopic (exact) mass is 95.1 g/mol. The summed E-state index contributed by atoms with van der Waals surface area (Å²) in [6, 6.07) is 0. The molecule has 0 aromatic heterocycles. The normalized spacial score (nSPS) is 7.00. The molecule has 0 aliphatic carbocycles. The van der Waals surface area contributed by atoms with Gasteiger partial charge < -0.3 is 10.4 Å². The van der Waals surface area contributed by atoms with E-state index in [0.717, 1.165) is 0 Å². The molecule has 2 nitrogen and oxygen atoms in total. The van der Waals surface area contributed by atoms with Crippen LogP contribution in [0.3, 0.4) is 0 Å². The molecule has 0 aromatic carbocycles. The van der Waals surface area contributed by atoms with Crippen molar-refractivity contribution in [1.29, 1.82) is 0 Å². The Bertz CT molecular complexity index is 18.3. The van der Waals surface area contributed by atoms with Crippen molar-refractivity contribution in [2.24, 2.45) is 0 Å². The van der Waals surface area contributed by atoms with Gasteiger partial charge in [0.2, 0.25) is 0 Å². The van der Waals surface area contributed by atoms with Gasteiger partial charge in [0.1, 0.15) is 0 Å². The predicted octanol–water partition coefficient (Wildman–Crippen LogP) is -0.802. The van der Waals surface area contributed by atoms with Gasteiger partial charge in [-0.3, -0.25) is 0 Å². The van der Waals surface area contributed by atoms with Crippen LogP contribution in [0.25, 0.3) is 0 Å². The van der Waals surface area contributed by atoms with Crippen LogP contribution in [0.15, 0.2) is 0 Å². The molecule has 0 rings (SSSR count). The summed E-state index contributed by atoms with van der Waals surface area (Å²) in [5.74, 6) is 0. The summed E-state index contributed by atoms with van der Waals surface area (Å²) in [5, 5.41) is 10.8. The fraction of sp³-hybridized carbons (Fsp3) is 1.00. The Morgan fingerprint density at radius 3 is 2.17 bits per heavy atom. The average Bonchev–Trinajstić information content (AvgIpc) is 1.41.